The first-order valence-electron chi connectivity index (χ1n) is 5.78. The molecule has 16 heavy (non-hydrogen) atoms. The van der Waals surface area contributed by atoms with E-state index in [1.54, 1.807) is 0 Å². The van der Waals surface area contributed by atoms with Gasteiger partial charge in [0.05, 0.1) is 6.61 Å². The zero-order valence-electron chi connectivity index (χ0n) is 10.2. The molecule has 0 aromatic heterocycles. The van der Waals surface area contributed by atoms with Crippen LogP contribution in [0.4, 0.5) is 0 Å². The molecule has 3 nitrogen and oxygen atoms in total. The van der Waals surface area contributed by atoms with Gasteiger partial charge >= 0.3 is 0 Å². The van der Waals surface area contributed by atoms with E-state index in [-0.39, 0.29) is 12.6 Å². The molecule has 3 N–H and O–H groups in total. The van der Waals surface area contributed by atoms with Gasteiger partial charge in [-0.15, -0.1) is 0 Å². The minimum atomic E-state index is -0.153. The highest BCUT2D eigenvalue weighted by molar-refractivity contribution is 5.22. The van der Waals surface area contributed by atoms with Crippen LogP contribution in [0.2, 0.25) is 0 Å². The molecular weight excluding hydrogens is 200 g/mol. The number of likely N-dealkylation sites (N-methyl/N-ethyl adjacent to an activating group) is 1. The first-order chi connectivity index (χ1) is 7.65. The maximum Gasteiger partial charge on any atom is 0.0595 e. The molecule has 0 saturated heterocycles. The van der Waals surface area contributed by atoms with Crippen molar-refractivity contribution in [1.29, 1.82) is 0 Å². The SMILES string of the molecule is CCc1ccc(CN(C)CC(N)CO)cc1. The molecule has 0 heterocycles. The second-order valence-corrected chi connectivity index (χ2v) is 4.31. The van der Waals surface area contributed by atoms with Gasteiger partial charge in [0.25, 0.3) is 0 Å². The number of aliphatic hydroxyl groups excluding tert-OH is 1. The van der Waals surface area contributed by atoms with Crippen molar-refractivity contribution < 1.29 is 5.11 Å². The summed E-state index contributed by atoms with van der Waals surface area (Å²) >= 11 is 0. The predicted molar refractivity (Wildman–Crippen MR) is 67.2 cm³/mol. The number of hydrogen-bond donors (Lipinski definition) is 2. The molecule has 0 saturated carbocycles. The van der Waals surface area contributed by atoms with E-state index in [2.05, 4.69) is 36.1 Å². The van der Waals surface area contributed by atoms with Crippen LogP contribution < -0.4 is 5.73 Å². The average Bonchev–Trinajstić information content (AvgIpc) is 2.29. The third-order valence-electron chi connectivity index (χ3n) is 2.66. The second kappa shape index (κ2) is 6.63. The monoisotopic (exact) mass is 222 g/mol. The summed E-state index contributed by atoms with van der Waals surface area (Å²) in [5, 5.41) is 8.87. The smallest absolute Gasteiger partial charge is 0.0595 e. The van der Waals surface area contributed by atoms with Gasteiger partial charge in [0, 0.05) is 19.1 Å². The molecule has 0 radical (unpaired) electrons. The van der Waals surface area contributed by atoms with Crippen molar-refractivity contribution in [2.45, 2.75) is 25.9 Å². The molecule has 1 aromatic carbocycles. The molecule has 0 spiro atoms. The number of nitrogens with zero attached hydrogens (tertiary/aromatic N) is 1. The van der Waals surface area contributed by atoms with Crippen LogP contribution in [-0.4, -0.2) is 36.2 Å². The quantitative estimate of drug-likeness (QED) is 0.755. The van der Waals surface area contributed by atoms with E-state index in [1.807, 2.05) is 7.05 Å². The molecule has 0 amide bonds. The largest absolute Gasteiger partial charge is 0.395 e. The van der Waals surface area contributed by atoms with E-state index in [9.17, 15) is 0 Å². The first kappa shape index (κ1) is 13.2. The summed E-state index contributed by atoms with van der Waals surface area (Å²) < 4.78 is 0. The van der Waals surface area contributed by atoms with Gasteiger partial charge in [-0.2, -0.15) is 0 Å². The summed E-state index contributed by atoms with van der Waals surface area (Å²) in [7, 11) is 2.02. The highest BCUT2D eigenvalue weighted by Gasteiger charge is 2.05. The Bertz CT molecular complexity index is 297. The third-order valence-corrected chi connectivity index (χ3v) is 2.66. The summed E-state index contributed by atoms with van der Waals surface area (Å²) in [6.07, 6.45) is 1.07. The normalized spacial score (nSPS) is 13.1. The molecule has 3 heteroatoms. The zero-order valence-corrected chi connectivity index (χ0v) is 10.2. The van der Waals surface area contributed by atoms with Crippen LogP contribution in [0.25, 0.3) is 0 Å². The Morgan fingerprint density at radius 1 is 1.25 bits per heavy atom. The minimum Gasteiger partial charge on any atom is -0.395 e. The van der Waals surface area contributed by atoms with E-state index >= 15 is 0 Å². The van der Waals surface area contributed by atoms with Crippen LogP contribution in [0.15, 0.2) is 24.3 Å². The van der Waals surface area contributed by atoms with Crippen molar-refractivity contribution in [2.24, 2.45) is 5.73 Å². The van der Waals surface area contributed by atoms with Gasteiger partial charge < -0.3 is 15.7 Å². The molecule has 0 aliphatic carbocycles. The highest BCUT2D eigenvalue weighted by Crippen LogP contribution is 2.07. The van der Waals surface area contributed by atoms with Gasteiger partial charge in [-0.3, -0.25) is 0 Å². The van der Waals surface area contributed by atoms with E-state index in [0.29, 0.717) is 6.54 Å². The Morgan fingerprint density at radius 3 is 2.31 bits per heavy atom. The maximum absolute atomic E-state index is 8.87. The second-order valence-electron chi connectivity index (χ2n) is 4.31. The Balaban J connectivity index is 2.46. The maximum atomic E-state index is 8.87. The van der Waals surface area contributed by atoms with Crippen molar-refractivity contribution in [3.63, 3.8) is 0 Å². The highest BCUT2D eigenvalue weighted by atomic mass is 16.3. The van der Waals surface area contributed by atoms with Crippen molar-refractivity contribution in [2.75, 3.05) is 20.2 Å². The Labute approximate surface area is 97.9 Å². The molecule has 1 aromatic rings. The number of nitrogens with two attached hydrogens (primary N) is 1. The lowest BCUT2D eigenvalue weighted by atomic mass is 10.1. The molecule has 0 fully saturated rings. The molecule has 0 aliphatic heterocycles. The standard InChI is InChI=1S/C13H22N2O/c1-3-11-4-6-12(7-5-11)8-15(2)9-13(14)10-16/h4-7,13,16H,3,8-10,14H2,1-2H3. The van der Waals surface area contributed by atoms with Crippen LogP contribution >= 0.6 is 0 Å². The molecule has 1 rings (SSSR count). The fourth-order valence-corrected chi connectivity index (χ4v) is 1.71. The summed E-state index contributed by atoms with van der Waals surface area (Å²) in [5.74, 6) is 0. The summed E-state index contributed by atoms with van der Waals surface area (Å²) in [5.41, 5.74) is 8.32. The van der Waals surface area contributed by atoms with Gasteiger partial charge in [-0.25, -0.2) is 0 Å². The molecule has 1 atom stereocenters. The number of hydrogen-bond acceptors (Lipinski definition) is 3. The Kier molecular flexibility index (Phi) is 5.46. The van der Waals surface area contributed by atoms with Crippen molar-refractivity contribution in [3.8, 4) is 0 Å². The molecule has 0 bridgehead atoms. The van der Waals surface area contributed by atoms with Crippen LogP contribution in [-0.2, 0) is 13.0 Å². The Hall–Kier alpha value is -0.900. The molecule has 90 valence electrons. The summed E-state index contributed by atoms with van der Waals surface area (Å²) in [4.78, 5) is 2.13. The first-order valence-corrected chi connectivity index (χ1v) is 5.78. The lowest BCUT2D eigenvalue weighted by Crippen LogP contribution is -2.37. The molecule has 0 aliphatic rings. The van der Waals surface area contributed by atoms with Crippen molar-refractivity contribution >= 4 is 0 Å². The molecular formula is C13H22N2O. The average molecular weight is 222 g/mol. The van der Waals surface area contributed by atoms with E-state index in [1.165, 1.54) is 11.1 Å². The van der Waals surface area contributed by atoms with Crippen LogP contribution in [0.1, 0.15) is 18.1 Å². The summed E-state index contributed by atoms with van der Waals surface area (Å²) in [6.45, 7) is 3.78. The molecule has 1 unspecified atom stereocenters. The van der Waals surface area contributed by atoms with Gasteiger partial charge in [-0.1, -0.05) is 31.2 Å². The van der Waals surface area contributed by atoms with E-state index in [4.69, 9.17) is 10.8 Å². The summed E-state index contributed by atoms with van der Waals surface area (Å²) in [6, 6.07) is 8.48. The number of benzene rings is 1. The Morgan fingerprint density at radius 2 is 1.81 bits per heavy atom. The van der Waals surface area contributed by atoms with Crippen LogP contribution in [0.3, 0.4) is 0 Å². The van der Waals surface area contributed by atoms with Gasteiger partial charge in [-0.05, 0) is 24.6 Å². The van der Waals surface area contributed by atoms with E-state index in [0.717, 1.165) is 13.0 Å². The minimum absolute atomic E-state index is 0.0408. The van der Waals surface area contributed by atoms with E-state index < -0.39 is 0 Å². The van der Waals surface area contributed by atoms with Gasteiger partial charge in [0.15, 0.2) is 0 Å². The van der Waals surface area contributed by atoms with Gasteiger partial charge in [0.1, 0.15) is 0 Å². The fraction of sp³-hybridized carbons (Fsp3) is 0.538. The zero-order chi connectivity index (χ0) is 12.0. The fourth-order valence-electron chi connectivity index (χ4n) is 1.71. The number of aryl methyl sites for hydroxylation is 1. The van der Waals surface area contributed by atoms with Crippen LogP contribution in [0.5, 0.6) is 0 Å². The number of aliphatic hydroxyl groups is 1. The number of rotatable bonds is 6. The lowest BCUT2D eigenvalue weighted by molar-refractivity contribution is 0.218. The van der Waals surface area contributed by atoms with Crippen molar-refractivity contribution in [3.05, 3.63) is 35.4 Å². The lowest BCUT2D eigenvalue weighted by Gasteiger charge is -2.20. The van der Waals surface area contributed by atoms with Gasteiger partial charge in [0.2, 0.25) is 0 Å². The predicted octanol–water partition coefficient (Wildman–Crippen LogP) is 1.00. The third kappa shape index (κ3) is 4.31. The van der Waals surface area contributed by atoms with Crippen LogP contribution in [0, 0.1) is 0 Å². The van der Waals surface area contributed by atoms with Crippen molar-refractivity contribution in [1.82, 2.24) is 4.90 Å². The topological polar surface area (TPSA) is 49.5 Å².